The lowest BCUT2D eigenvalue weighted by Gasteiger charge is -2.61. The standard InChI is InChI=1S/C20H34O4/c1-17(2)7-5-8-18(3)14(6-9-19(4,22)15-11-23-15)20(12-24-20)10-13(21)16(17)18/h13-16,21-22H,5-12H2,1-4H3/t13-,14+,15-,16+,18-,19+,20-/m0/s1. The number of aliphatic hydroxyl groups excluding tert-OH is 1. The van der Waals surface area contributed by atoms with E-state index >= 15 is 0 Å². The van der Waals surface area contributed by atoms with Crippen molar-refractivity contribution in [3.8, 4) is 0 Å². The second-order valence-electron chi connectivity index (χ2n) is 10.2. The number of hydrogen-bond donors (Lipinski definition) is 2. The van der Waals surface area contributed by atoms with E-state index in [-0.39, 0.29) is 28.6 Å². The number of epoxide rings is 2. The molecule has 2 aliphatic heterocycles. The van der Waals surface area contributed by atoms with Gasteiger partial charge < -0.3 is 19.7 Å². The summed E-state index contributed by atoms with van der Waals surface area (Å²) in [6, 6.07) is 0. The van der Waals surface area contributed by atoms with Crippen molar-refractivity contribution < 1.29 is 19.7 Å². The van der Waals surface area contributed by atoms with Crippen LogP contribution in [0.2, 0.25) is 0 Å². The molecule has 4 rings (SSSR count). The van der Waals surface area contributed by atoms with Gasteiger partial charge in [0.2, 0.25) is 0 Å². The minimum absolute atomic E-state index is 0.00847. The first-order chi connectivity index (χ1) is 11.1. The van der Waals surface area contributed by atoms with Gasteiger partial charge in [0.1, 0.15) is 6.10 Å². The Kier molecular flexibility index (Phi) is 3.73. The molecule has 0 aromatic carbocycles. The molecule has 4 fully saturated rings. The zero-order valence-corrected chi connectivity index (χ0v) is 15.7. The summed E-state index contributed by atoms with van der Waals surface area (Å²) in [6.45, 7) is 10.4. The summed E-state index contributed by atoms with van der Waals surface area (Å²) in [5, 5.41) is 21.7. The van der Waals surface area contributed by atoms with Crippen LogP contribution in [0.4, 0.5) is 0 Å². The lowest BCUT2D eigenvalue weighted by atomic mass is 9.45. The second-order valence-corrected chi connectivity index (χ2v) is 10.2. The third-order valence-electron chi connectivity index (χ3n) is 7.94. The van der Waals surface area contributed by atoms with Crippen molar-refractivity contribution >= 4 is 0 Å². The lowest BCUT2D eigenvalue weighted by molar-refractivity contribution is -0.169. The molecule has 0 unspecified atom stereocenters. The van der Waals surface area contributed by atoms with E-state index in [1.165, 1.54) is 12.8 Å². The molecule has 0 radical (unpaired) electrons. The first-order valence-electron chi connectivity index (χ1n) is 9.77. The Bertz CT molecular complexity index is 506. The minimum Gasteiger partial charge on any atom is -0.393 e. The van der Waals surface area contributed by atoms with Crippen LogP contribution < -0.4 is 0 Å². The number of aliphatic hydroxyl groups is 2. The highest BCUT2D eigenvalue weighted by Gasteiger charge is 2.67. The Morgan fingerprint density at radius 2 is 1.88 bits per heavy atom. The number of fused-ring (bicyclic) bond motifs is 1. The summed E-state index contributed by atoms with van der Waals surface area (Å²) < 4.78 is 11.3. The molecule has 138 valence electrons. The van der Waals surface area contributed by atoms with Crippen molar-refractivity contribution in [2.45, 2.75) is 89.6 Å². The van der Waals surface area contributed by atoms with E-state index in [4.69, 9.17) is 9.47 Å². The highest BCUT2D eigenvalue weighted by molar-refractivity contribution is 5.16. The Hall–Kier alpha value is -0.160. The number of rotatable bonds is 4. The first-order valence-corrected chi connectivity index (χ1v) is 9.77. The topological polar surface area (TPSA) is 65.5 Å². The van der Waals surface area contributed by atoms with Gasteiger partial charge in [-0.3, -0.25) is 0 Å². The van der Waals surface area contributed by atoms with Crippen molar-refractivity contribution in [1.82, 2.24) is 0 Å². The van der Waals surface area contributed by atoms with Crippen LogP contribution >= 0.6 is 0 Å². The minimum atomic E-state index is -0.734. The molecule has 4 aliphatic rings. The molecular formula is C20H34O4. The van der Waals surface area contributed by atoms with E-state index in [2.05, 4.69) is 20.8 Å². The summed E-state index contributed by atoms with van der Waals surface area (Å²) >= 11 is 0. The van der Waals surface area contributed by atoms with Crippen LogP contribution in [0.25, 0.3) is 0 Å². The fourth-order valence-corrected chi connectivity index (χ4v) is 6.70. The molecule has 1 spiro atoms. The van der Waals surface area contributed by atoms with Crippen molar-refractivity contribution in [3.63, 3.8) is 0 Å². The summed E-state index contributed by atoms with van der Waals surface area (Å²) in [4.78, 5) is 0. The van der Waals surface area contributed by atoms with Crippen LogP contribution in [0, 0.1) is 22.7 Å². The van der Waals surface area contributed by atoms with E-state index in [9.17, 15) is 10.2 Å². The summed E-state index contributed by atoms with van der Waals surface area (Å²) in [7, 11) is 0. The monoisotopic (exact) mass is 338 g/mol. The van der Waals surface area contributed by atoms with E-state index in [1.807, 2.05) is 6.92 Å². The van der Waals surface area contributed by atoms with Gasteiger partial charge in [-0.05, 0) is 55.3 Å². The molecule has 7 atom stereocenters. The molecule has 24 heavy (non-hydrogen) atoms. The maximum Gasteiger partial charge on any atom is 0.109 e. The predicted molar refractivity (Wildman–Crippen MR) is 91.6 cm³/mol. The maximum absolute atomic E-state index is 11.0. The second kappa shape index (κ2) is 5.18. The van der Waals surface area contributed by atoms with Crippen molar-refractivity contribution in [2.75, 3.05) is 13.2 Å². The van der Waals surface area contributed by atoms with E-state index in [0.717, 1.165) is 32.3 Å². The zero-order valence-electron chi connectivity index (χ0n) is 15.7. The van der Waals surface area contributed by atoms with Gasteiger partial charge in [-0.1, -0.05) is 27.2 Å². The molecule has 0 amide bonds. The molecule has 0 aromatic rings. The molecule has 2 aliphatic carbocycles. The number of ether oxygens (including phenoxy) is 2. The average molecular weight is 338 g/mol. The van der Waals surface area contributed by atoms with Crippen LogP contribution in [-0.4, -0.2) is 46.8 Å². The fraction of sp³-hybridized carbons (Fsp3) is 1.00. The van der Waals surface area contributed by atoms with Gasteiger partial charge in [-0.2, -0.15) is 0 Å². The lowest BCUT2D eigenvalue weighted by Crippen LogP contribution is -2.60. The van der Waals surface area contributed by atoms with Crippen LogP contribution in [0.1, 0.15) is 66.2 Å². The third kappa shape index (κ3) is 2.56. The summed E-state index contributed by atoms with van der Waals surface area (Å²) in [5.41, 5.74) is -0.611. The van der Waals surface area contributed by atoms with Crippen LogP contribution in [0.5, 0.6) is 0 Å². The average Bonchev–Trinajstić information content (AvgIpc) is 3.30. The molecular weight excluding hydrogens is 304 g/mol. The Morgan fingerprint density at radius 3 is 2.46 bits per heavy atom. The fourth-order valence-electron chi connectivity index (χ4n) is 6.70. The summed E-state index contributed by atoms with van der Waals surface area (Å²) in [6.07, 6.45) is 5.80. The Balaban J connectivity index is 1.60. The number of hydrogen-bond acceptors (Lipinski definition) is 4. The van der Waals surface area contributed by atoms with Gasteiger partial charge in [-0.15, -0.1) is 0 Å². The quantitative estimate of drug-likeness (QED) is 0.774. The summed E-state index contributed by atoms with van der Waals surface area (Å²) in [5.74, 6) is 0.740. The largest absolute Gasteiger partial charge is 0.393 e. The van der Waals surface area contributed by atoms with Crippen LogP contribution in [-0.2, 0) is 9.47 Å². The predicted octanol–water partition coefficient (Wildman–Crippen LogP) is 2.90. The Labute approximate surface area is 145 Å². The highest BCUT2D eigenvalue weighted by atomic mass is 16.6. The van der Waals surface area contributed by atoms with Crippen LogP contribution in [0.15, 0.2) is 0 Å². The van der Waals surface area contributed by atoms with Crippen LogP contribution in [0.3, 0.4) is 0 Å². The van der Waals surface area contributed by atoms with Gasteiger partial charge in [-0.25, -0.2) is 0 Å². The molecule has 2 saturated carbocycles. The highest BCUT2D eigenvalue weighted by Crippen LogP contribution is 2.66. The van der Waals surface area contributed by atoms with E-state index < -0.39 is 5.60 Å². The van der Waals surface area contributed by atoms with Crippen molar-refractivity contribution in [3.05, 3.63) is 0 Å². The molecule has 2 saturated heterocycles. The molecule has 0 bridgehead atoms. The first kappa shape index (κ1) is 17.3. The van der Waals surface area contributed by atoms with Gasteiger partial charge in [0.25, 0.3) is 0 Å². The van der Waals surface area contributed by atoms with Gasteiger partial charge in [0, 0.05) is 6.42 Å². The molecule has 4 heteroatoms. The van der Waals surface area contributed by atoms with Gasteiger partial charge in [0.15, 0.2) is 0 Å². The Morgan fingerprint density at radius 1 is 1.21 bits per heavy atom. The van der Waals surface area contributed by atoms with Gasteiger partial charge >= 0.3 is 0 Å². The normalized spacial score (nSPS) is 51.8. The molecule has 4 nitrogen and oxygen atoms in total. The SMILES string of the molecule is CC1(C)CCC[C@]2(C)[C@@H]1[C@@H](O)C[C@]1(CO1)[C@@H]2CC[C@@](C)(O)[C@@H]1CO1. The molecule has 2 heterocycles. The maximum atomic E-state index is 11.0. The van der Waals surface area contributed by atoms with Crippen molar-refractivity contribution in [1.29, 1.82) is 0 Å². The molecule has 0 aromatic heterocycles. The van der Waals surface area contributed by atoms with E-state index in [0.29, 0.717) is 18.4 Å². The molecule has 2 N–H and O–H groups in total. The van der Waals surface area contributed by atoms with Crippen molar-refractivity contribution in [2.24, 2.45) is 22.7 Å². The zero-order chi connectivity index (χ0) is 17.4. The third-order valence-corrected chi connectivity index (χ3v) is 7.94. The van der Waals surface area contributed by atoms with E-state index in [1.54, 1.807) is 0 Å². The van der Waals surface area contributed by atoms with Gasteiger partial charge in [0.05, 0.1) is 30.5 Å². The smallest absolute Gasteiger partial charge is 0.109 e.